The van der Waals surface area contributed by atoms with Gasteiger partial charge in [-0.25, -0.2) is 0 Å². The molecule has 2 aliphatic heterocycles. The van der Waals surface area contributed by atoms with Crippen LogP contribution in [-0.2, 0) is 9.59 Å². The summed E-state index contributed by atoms with van der Waals surface area (Å²) in [5.41, 5.74) is 0. The molecule has 0 aromatic rings. The topological polar surface area (TPSA) is 40.6 Å². The number of piperazine rings is 1. The van der Waals surface area contributed by atoms with Crippen LogP contribution >= 0.6 is 0 Å². The van der Waals surface area contributed by atoms with Crippen LogP contribution < -0.4 is 0 Å². The molecular weight excluding hydrogens is 216 g/mol. The number of carbonyl (C=O) groups is 2. The molecule has 3 aliphatic rings. The second kappa shape index (κ2) is 4.41. The summed E-state index contributed by atoms with van der Waals surface area (Å²) in [5, 5.41) is 0. The van der Waals surface area contributed by atoms with E-state index < -0.39 is 0 Å². The number of fused-ring (bicyclic) bond motifs is 1. The lowest BCUT2D eigenvalue weighted by Crippen LogP contribution is -2.55. The zero-order chi connectivity index (χ0) is 11.8. The van der Waals surface area contributed by atoms with E-state index >= 15 is 0 Å². The van der Waals surface area contributed by atoms with Crippen molar-refractivity contribution in [2.75, 3.05) is 19.6 Å². The summed E-state index contributed by atoms with van der Waals surface area (Å²) >= 11 is 0. The van der Waals surface area contributed by atoms with Gasteiger partial charge in [0, 0.05) is 51.0 Å². The molecule has 4 heteroatoms. The number of carbonyl (C=O) groups excluding carboxylic acids is 2. The van der Waals surface area contributed by atoms with E-state index in [-0.39, 0.29) is 0 Å². The molecule has 0 radical (unpaired) electrons. The van der Waals surface area contributed by atoms with Crippen molar-refractivity contribution in [3.05, 3.63) is 0 Å². The van der Waals surface area contributed by atoms with Crippen molar-refractivity contribution < 1.29 is 9.59 Å². The Bertz CT molecular complexity index is 342. The van der Waals surface area contributed by atoms with Crippen molar-refractivity contribution in [2.45, 2.75) is 50.6 Å². The second-order valence-corrected chi connectivity index (χ2v) is 5.56. The zero-order valence-electron chi connectivity index (χ0n) is 10.2. The minimum absolute atomic E-state index is 0.328. The highest BCUT2D eigenvalue weighted by molar-refractivity contribution is 5.80. The number of hydrogen-bond acceptors (Lipinski definition) is 3. The summed E-state index contributed by atoms with van der Waals surface area (Å²) in [4.78, 5) is 27.6. The summed E-state index contributed by atoms with van der Waals surface area (Å²) in [5.74, 6) is 0.751. The molecule has 0 bridgehead atoms. The van der Waals surface area contributed by atoms with E-state index in [1.807, 2.05) is 4.90 Å². The largest absolute Gasteiger partial charge is 0.337 e. The van der Waals surface area contributed by atoms with Gasteiger partial charge in [-0.05, 0) is 19.3 Å². The molecule has 0 aromatic carbocycles. The molecule has 2 heterocycles. The summed E-state index contributed by atoms with van der Waals surface area (Å²) in [6.45, 7) is 2.82. The first-order valence-electron chi connectivity index (χ1n) is 6.79. The van der Waals surface area contributed by atoms with Crippen LogP contribution in [0.3, 0.4) is 0 Å². The van der Waals surface area contributed by atoms with Gasteiger partial charge in [-0.1, -0.05) is 0 Å². The van der Waals surface area contributed by atoms with E-state index in [9.17, 15) is 9.59 Å². The van der Waals surface area contributed by atoms with Gasteiger partial charge in [0.1, 0.15) is 5.78 Å². The van der Waals surface area contributed by atoms with E-state index in [1.54, 1.807) is 0 Å². The SMILES string of the molecule is O=C1CCCC(N2CCN3C(=O)CCC3C2)C1. The average Bonchev–Trinajstić information content (AvgIpc) is 2.71. The van der Waals surface area contributed by atoms with Gasteiger partial charge in [-0.15, -0.1) is 0 Å². The standard InChI is InChI=1S/C13H20N2O2/c16-12-3-1-2-10(8-12)14-6-7-15-11(9-14)4-5-13(15)17/h10-11H,1-9H2. The van der Waals surface area contributed by atoms with Gasteiger partial charge in [0.2, 0.25) is 5.91 Å². The Labute approximate surface area is 102 Å². The average molecular weight is 236 g/mol. The molecule has 0 N–H and O–H groups in total. The Hall–Kier alpha value is -0.900. The van der Waals surface area contributed by atoms with Crippen molar-refractivity contribution in [1.82, 2.24) is 9.80 Å². The predicted octanol–water partition coefficient (Wildman–Crippen LogP) is 0.805. The number of ketones is 1. The van der Waals surface area contributed by atoms with Crippen LogP contribution in [0.5, 0.6) is 0 Å². The van der Waals surface area contributed by atoms with E-state index in [0.717, 1.165) is 58.2 Å². The zero-order valence-corrected chi connectivity index (χ0v) is 10.2. The van der Waals surface area contributed by atoms with Gasteiger partial charge < -0.3 is 4.90 Å². The Balaban J connectivity index is 1.62. The highest BCUT2D eigenvalue weighted by atomic mass is 16.2. The van der Waals surface area contributed by atoms with Crippen molar-refractivity contribution in [3.8, 4) is 0 Å². The van der Waals surface area contributed by atoms with Crippen molar-refractivity contribution >= 4 is 11.7 Å². The number of rotatable bonds is 1. The van der Waals surface area contributed by atoms with Gasteiger partial charge in [0.15, 0.2) is 0 Å². The smallest absolute Gasteiger partial charge is 0.222 e. The van der Waals surface area contributed by atoms with Crippen molar-refractivity contribution in [2.24, 2.45) is 0 Å². The van der Waals surface area contributed by atoms with Gasteiger partial charge in [0.25, 0.3) is 0 Å². The molecule has 1 saturated carbocycles. The summed E-state index contributed by atoms with van der Waals surface area (Å²) in [7, 11) is 0. The molecular formula is C13H20N2O2. The predicted molar refractivity (Wildman–Crippen MR) is 63.6 cm³/mol. The van der Waals surface area contributed by atoms with E-state index in [1.165, 1.54) is 0 Å². The molecule has 2 unspecified atom stereocenters. The maximum Gasteiger partial charge on any atom is 0.222 e. The van der Waals surface area contributed by atoms with E-state index in [4.69, 9.17) is 0 Å². The van der Waals surface area contributed by atoms with Crippen LogP contribution in [0.1, 0.15) is 38.5 Å². The number of Topliss-reactive ketones (excluding diaryl/α,β-unsaturated/α-hetero) is 1. The van der Waals surface area contributed by atoms with Crippen LogP contribution in [0.4, 0.5) is 0 Å². The molecule has 3 fully saturated rings. The molecule has 1 amide bonds. The highest BCUT2D eigenvalue weighted by Gasteiger charge is 2.38. The van der Waals surface area contributed by atoms with E-state index in [0.29, 0.717) is 23.8 Å². The molecule has 2 atom stereocenters. The van der Waals surface area contributed by atoms with Gasteiger partial charge in [-0.2, -0.15) is 0 Å². The molecule has 1 aliphatic carbocycles. The maximum absolute atomic E-state index is 11.6. The van der Waals surface area contributed by atoms with Crippen LogP contribution in [-0.4, -0.2) is 53.2 Å². The molecule has 17 heavy (non-hydrogen) atoms. The Kier molecular flexibility index (Phi) is 2.90. The molecule has 0 aromatic heterocycles. The number of hydrogen-bond donors (Lipinski definition) is 0. The Morgan fingerprint density at radius 3 is 2.71 bits per heavy atom. The molecule has 3 rings (SSSR count). The normalized spacial score (nSPS) is 35.2. The number of nitrogens with zero attached hydrogens (tertiary/aromatic N) is 2. The number of amides is 1. The van der Waals surface area contributed by atoms with Crippen LogP contribution in [0.25, 0.3) is 0 Å². The quantitative estimate of drug-likeness (QED) is 0.676. The molecule has 0 spiro atoms. The molecule has 4 nitrogen and oxygen atoms in total. The van der Waals surface area contributed by atoms with Gasteiger partial charge in [-0.3, -0.25) is 14.5 Å². The lowest BCUT2D eigenvalue weighted by Gasteiger charge is -2.42. The first-order valence-corrected chi connectivity index (χ1v) is 6.79. The fourth-order valence-electron chi connectivity index (χ4n) is 3.53. The lowest BCUT2D eigenvalue weighted by atomic mass is 9.92. The summed E-state index contributed by atoms with van der Waals surface area (Å²) in [6.07, 6.45) is 5.46. The Morgan fingerprint density at radius 1 is 1.00 bits per heavy atom. The second-order valence-electron chi connectivity index (χ2n) is 5.56. The Morgan fingerprint density at radius 2 is 1.88 bits per heavy atom. The molecule has 94 valence electrons. The fraction of sp³-hybridized carbons (Fsp3) is 0.846. The van der Waals surface area contributed by atoms with Gasteiger partial charge >= 0.3 is 0 Å². The van der Waals surface area contributed by atoms with E-state index in [2.05, 4.69) is 4.90 Å². The maximum atomic E-state index is 11.6. The first-order chi connectivity index (χ1) is 8.24. The minimum Gasteiger partial charge on any atom is -0.337 e. The van der Waals surface area contributed by atoms with Gasteiger partial charge in [0.05, 0.1) is 0 Å². The van der Waals surface area contributed by atoms with Crippen molar-refractivity contribution in [1.29, 1.82) is 0 Å². The fourth-order valence-corrected chi connectivity index (χ4v) is 3.53. The molecule has 2 saturated heterocycles. The monoisotopic (exact) mass is 236 g/mol. The highest BCUT2D eigenvalue weighted by Crippen LogP contribution is 2.27. The van der Waals surface area contributed by atoms with Crippen LogP contribution in [0, 0.1) is 0 Å². The minimum atomic E-state index is 0.328. The summed E-state index contributed by atoms with van der Waals surface area (Å²) < 4.78 is 0. The third kappa shape index (κ3) is 2.10. The third-order valence-corrected chi connectivity index (χ3v) is 4.50. The summed E-state index contributed by atoms with van der Waals surface area (Å²) in [6, 6.07) is 0.877. The lowest BCUT2D eigenvalue weighted by molar-refractivity contribution is -0.132. The van der Waals surface area contributed by atoms with Crippen molar-refractivity contribution in [3.63, 3.8) is 0 Å². The first kappa shape index (κ1) is 11.2. The van der Waals surface area contributed by atoms with Crippen LogP contribution in [0.2, 0.25) is 0 Å². The van der Waals surface area contributed by atoms with Crippen LogP contribution in [0.15, 0.2) is 0 Å². The third-order valence-electron chi connectivity index (χ3n) is 4.50.